The first-order valence-electron chi connectivity index (χ1n) is 4.94. The molecule has 1 aromatic rings. The van der Waals surface area contributed by atoms with Gasteiger partial charge < -0.3 is 5.11 Å². The van der Waals surface area contributed by atoms with Gasteiger partial charge in [0.2, 0.25) is 0 Å². The molecule has 0 bridgehead atoms. The zero-order valence-electron chi connectivity index (χ0n) is 9.13. The summed E-state index contributed by atoms with van der Waals surface area (Å²) in [5.74, 6) is -1.62. The normalized spacial score (nSPS) is 22.5. The number of halogens is 3. The second-order valence-electron chi connectivity index (χ2n) is 4.78. The number of hydrogen-bond donors (Lipinski definition) is 1. The molecule has 0 amide bonds. The van der Waals surface area contributed by atoms with Gasteiger partial charge in [-0.3, -0.25) is 0 Å². The molecule has 1 atom stereocenters. The third-order valence-electron chi connectivity index (χ3n) is 2.92. The quantitative estimate of drug-likeness (QED) is 0.891. The van der Waals surface area contributed by atoms with Gasteiger partial charge in [0.05, 0.1) is 5.01 Å². The first kappa shape index (κ1) is 12.3. The molecule has 0 aromatic carbocycles. The highest BCUT2D eigenvalue weighted by Crippen LogP contribution is 2.59. The van der Waals surface area contributed by atoms with Gasteiger partial charge >= 0.3 is 12.1 Å². The lowest BCUT2D eigenvalue weighted by Gasteiger charge is -2.02. The summed E-state index contributed by atoms with van der Waals surface area (Å²) in [7, 11) is 0. The lowest BCUT2D eigenvalue weighted by atomic mass is 10.1. The van der Waals surface area contributed by atoms with E-state index in [0.717, 1.165) is 6.42 Å². The van der Waals surface area contributed by atoms with Crippen molar-refractivity contribution in [2.45, 2.75) is 32.4 Å². The Morgan fingerprint density at radius 2 is 2.06 bits per heavy atom. The van der Waals surface area contributed by atoms with Crippen LogP contribution in [0.15, 0.2) is 0 Å². The topological polar surface area (TPSA) is 50.2 Å². The monoisotopic (exact) mass is 265 g/mol. The van der Waals surface area contributed by atoms with Crippen LogP contribution in [0.5, 0.6) is 0 Å². The van der Waals surface area contributed by atoms with E-state index in [1.54, 1.807) is 0 Å². The number of aromatic nitrogens is 1. The molecular weight excluding hydrogens is 255 g/mol. The van der Waals surface area contributed by atoms with E-state index in [0.29, 0.717) is 11.3 Å². The smallest absolute Gasteiger partial charge is 0.435 e. The maximum absolute atomic E-state index is 12.6. The van der Waals surface area contributed by atoms with Gasteiger partial charge in [-0.2, -0.15) is 13.2 Å². The van der Waals surface area contributed by atoms with Crippen LogP contribution in [0.25, 0.3) is 0 Å². The number of carbonyl (C=O) groups is 1. The maximum Gasteiger partial charge on any atom is 0.435 e. The van der Waals surface area contributed by atoms with Crippen molar-refractivity contribution in [1.82, 2.24) is 4.98 Å². The molecule has 1 aromatic heterocycles. The van der Waals surface area contributed by atoms with Crippen LogP contribution in [0.2, 0.25) is 0 Å². The lowest BCUT2D eigenvalue weighted by Crippen LogP contribution is -2.11. The second-order valence-corrected chi connectivity index (χ2v) is 5.81. The molecule has 1 aliphatic rings. The highest BCUT2D eigenvalue weighted by atomic mass is 32.1. The molecule has 1 fully saturated rings. The molecule has 94 valence electrons. The Bertz CT molecular complexity index is 478. The summed E-state index contributed by atoms with van der Waals surface area (Å²) in [6.07, 6.45) is -3.96. The van der Waals surface area contributed by atoms with Gasteiger partial charge in [0, 0.05) is 5.92 Å². The number of carboxylic acids is 1. The Hall–Kier alpha value is -1.11. The van der Waals surface area contributed by atoms with Crippen molar-refractivity contribution in [3.8, 4) is 0 Å². The molecule has 0 aliphatic heterocycles. The lowest BCUT2D eigenvalue weighted by molar-refractivity contribution is -0.141. The zero-order chi connectivity index (χ0) is 13.0. The molecule has 1 saturated carbocycles. The van der Waals surface area contributed by atoms with Crippen molar-refractivity contribution in [1.29, 1.82) is 0 Å². The SMILES string of the molecule is CC1(C)CC1c1nc(C(F)(F)F)c(C(=O)O)s1. The van der Waals surface area contributed by atoms with Crippen LogP contribution in [0, 0.1) is 5.41 Å². The van der Waals surface area contributed by atoms with Gasteiger partial charge in [-0.1, -0.05) is 13.8 Å². The standard InChI is InChI=1S/C10H10F3NO2S/c1-9(2)3-4(9)7-14-6(10(11,12)13)5(17-7)8(15)16/h4H,3H2,1-2H3,(H,15,16). The van der Waals surface area contributed by atoms with Crippen LogP contribution in [-0.4, -0.2) is 16.1 Å². The highest BCUT2D eigenvalue weighted by Gasteiger charge is 2.50. The first-order valence-corrected chi connectivity index (χ1v) is 5.76. The Balaban J connectivity index is 2.43. The predicted molar refractivity (Wildman–Crippen MR) is 55.2 cm³/mol. The van der Waals surface area contributed by atoms with E-state index in [9.17, 15) is 18.0 Å². The van der Waals surface area contributed by atoms with Crippen LogP contribution in [-0.2, 0) is 6.18 Å². The Morgan fingerprint density at radius 3 is 2.35 bits per heavy atom. The van der Waals surface area contributed by atoms with Gasteiger partial charge in [-0.25, -0.2) is 9.78 Å². The summed E-state index contributed by atoms with van der Waals surface area (Å²) >= 11 is 0.637. The third kappa shape index (κ3) is 2.15. The van der Waals surface area contributed by atoms with E-state index in [1.165, 1.54) is 0 Å². The maximum atomic E-state index is 12.6. The van der Waals surface area contributed by atoms with Gasteiger partial charge in [0.1, 0.15) is 4.88 Å². The minimum Gasteiger partial charge on any atom is -0.477 e. The number of aromatic carboxylic acids is 1. The largest absolute Gasteiger partial charge is 0.477 e. The van der Waals surface area contributed by atoms with E-state index in [4.69, 9.17) is 5.11 Å². The van der Waals surface area contributed by atoms with Crippen molar-refractivity contribution in [2.75, 3.05) is 0 Å². The molecule has 1 N–H and O–H groups in total. The summed E-state index contributed by atoms with van der Waals surface area (Å²) in [5, 5.41) is 9.02. The number of nitrogens with zero attached hydrogens (tertiary/aromatic N) is 1. The first-order chi connectivity index (χ1) is 7.63. The summed E-state index contributed by atoms with van der Waals surface area (Å²) in [6, 6.07) is 0. The Morgan fingerprint density at radius 1 is 1.53 bits per heavy atom. The van der Waals surface area contributed by atoms with Gasteiger partial charge in [-0.05, 0) is 11.8 Å². The van der Waals surface area contributed by atoms with Crippen molar-refractivity contribution in [3.63, 3.8) is 0 Å². The second kappa shape index (κ2) is 3.44. The molecule has 7 heteroatoms. The Labute approximate surface area is 99.3 Å². The molecule has 0 spiro atoms. The van der Waals surface area contributed by atoms with E-state index in [2.05, 4.69) is 4.98 Å². The number of carboxylic acid groups (broad SMARTS) is 1. The van der Waals surface area contributed by atoms with Crippen LogP contribution in [0.3, 0.4) is 0 Å². The van der Waals surface area contributed by atoms with E-state index >= 15 is 0 Å². The van der Waals surface area contributed by atoms with Gasteiger partial charge in [0.25, 0.3) is 0 Å². The van der Waals surface area contributed by atoms with Crippen molar-refractivity contribution in [3.05, 3.63) is 15.6 Å². The van der Waals surface area contributed by atoms with E-state index in [1.807, 2.05) is 13.8 Å². The minimum absolute atomic E-state index is 0.0540. The molecule has 2 rings (SSSR count). The molecular formula is C10H10F3NO2S. The summed E-state index contributed by atoms with van der Waals surface area (Å²) in [6.45, 7) is 3.85. The molecule has 17 heavy (non-hydrogen) atoms. The summed E-state index contributed by atoms with van der Waals surface area (Å²) < 4.78 is 37.7. The van der Waals surface area contributed by atoms with Crippen LogP contribution < -0.4 is 0 Å². The fraction of sp³-hybridized carbons (Fsp3) is 0.600. The number of thiazole rings is 1. The van der Waals surface area contributed by atoms with Crippen LogP contribution in [0.1, 0.15) is 46.6 Å². The predicted octanol–water partition coefficient (Wildman–Crippen LogP) is 3.37. The molecule has 1 unspecified atom stereocenters. The third-order valence-corrected chi connectivity index (χ3v) is 4.08. The highest BCUT2D eigenvalue weighted by molar-refractivity contribution is 7.13. The van der Waals surface area contributed by atoms with Crippen LogP contribution >= 0.6 is 11.3 Å². The molecule has 0 saturated heterocycles. The van der Waals surface area contributed by atoms with Crippen LogP contribution in [0.4, 0.5) is 13.2 Å². The van der Waals surface area contributed by atoms with Crippen molar-refractivity contribution < 1.29 is 23.1 Å². The average Bonchev–Trinajstić information content (AvgIpc) is 2.62. The molecule has 1 heterocycles. The van der Waals surface area contributed by atoms with Crippen molar-refractivity contribution >= 4 is 17.3 Å². The zero-order valence-corrected chi connectivity index (χ0v) is 9.95. The Kier molecular flexibility index (Phi) is 2.50. The van der Waals surface area contributed by atoms with Gasteiger partial charge in [0.15, 0.2) is 5.69 Å². The number of hydrogen-bond acceptors (Lipinski definition) is 3. The fourth-order valence-electron chi connectivity index (χ4n) is 1.71. The molecule has 3 nitrogen and oxygen atoms in total. The minimum atomic E-state index is -4.71. The summed E-state index contributed by atoms with van der Waals surface area (Å²) in [5.41, 5.74) is -1.34. The summed E-state index contributed by atoms with van der Waals surface area (Å²) in [4.78, 5) is 13.5. The van der Waals surface area contributed by atoms with Crippen molar-refractivity contribution in [2.24, 2.45) is 5.41 Å². The number of alkyl halides is 3. The fourth-order valence-corrected chi connectivity index (χ4v) is 2.95. The van der Waals surface area contributed by atoms with Gasteiger partial charge in [-0.15, -0.1) is 11.3 Å². The molecule has 1 aliphatic carbocycles. The van der Waals surface area contributed by atoms with E-state index in [-0.39, 0.29) is 16.3 Å². The van der Waals surface area contributed by atoms with E-state index < -0.39 is 22.7 Å². The molecule has 0 radical (unpaired) electrons. The average molecular weight is 265 g/mol. The number of rotatable bonds is 2.